The van der Waals surface area contributed by atoms with Gasteiger partial charge < -0.3 is 10.2 Å². The van der Waals surface area contributed by atoms with E-state index in [-0.39, 0.29) is 11.5 Å². The molecule has 0 bridgehead atoms. The van der Waals surface area contributed by atoms with Crippen LogP contribution >= 0.6 is 11.6 Å². The van der Waals surface area contributed by atoms with E-state index in [1.54, 1.807) is 0 Å². The maximum absolute atomic E-state index is 8.69. The Balaban J connectivity index is 4.00. The molecule has 0 aromatic rings. The van der Waals surface area contributed by atoms with E-state index in [1.165, 1.54) is 6.08 Å². The fraction of sp³-hybridized carbons (Fsp3) is 0. The summed E-state index contributed by atoms with van der Waals surface area (Å²) in [4.78, 5) is 0. The molecule has 0 rings (SSSR count). The maximum atomic E-state index is 8.69. The molecule has 0 aromatic carbocycles. The third-order valence-electron chi connectivity index (χ3n) is 0.548. The molecule has 0 aliphatic rings. The van der Waals surface area contributed by atoms with E-state index < -0.39 is 0 Å². The van der Waals surface area contributed by atoms with Gasteiger partial charge in [-0.15, -0.1) is 0 Å². The first kappa shape index (κ1) is 8.11. The zero-order valence-electron chi connectivity index (χ0n) is 4.71. The summed E-state index contributed by atoms with van der Waals surface area (Å²) in [5.74, 6) is -0.334. The van der Waals surface area contributed by atoms with Gasteiger partial charge in [0.2, 0.25) is 0 Å². The van der Waals surface area contributed by atoms with Crippen LogP contribution in [-0.4, -0.2) is 10.2 Å². The lowest BCUT2D eigenvalue weighted by Crippen LogP contribution is -1.75. The maximum Gasteiger partial charge on any atom is 0.120 e. The van der Waals surface area contributed by atoms with Gasteiger partial charge in [0.1, 0.15) is 11.5 Å². The summed E-state index contributed by atoms with van der Waals surface area (Å²) in [6.45, 7) is 3.12. The third kappa shape index (κ3) is 4.97. The molecule has 0 atom stereocenters. The Hall–Kier alpha value is -0.890. The lowest BCUT2D eigenvalue weighted by atomic mass is 10.4. The van der Waals surface area contributed by atoms with Crippen LogP contribution in [0, 0.1) is 0 Å². The van der Waals surface area contributed by atoms with Gasteiger partial charge in [-0.1, -0.05) is 18.2 Å². The molecular weight excluding hydrogens is 140 g/mol. The van der Waals surface area contributed by atoms with Crippen LogP contribution < -0.4 is 0 Å². The molecule has 0 aliphatic carbocycles. The predicted octanol–water partition coefficient (Wildman–Crippen LogP) is 2.25. The molecule has 0 saturated carbocycles. The molecule has 2 N–H and O–H groups in total. The first-order chi connectivity index (χ1) is 4.16. The minimum atomic E-state index is -0.206. The largest absolute Gasteiger partial charge is 0.508 e. The van der Waals surface area contributed by atoms with Crippen molar-refractivity contribution in [3.63, 3.8) is 0 Å². The number of allylic oxidation sites excluding steroid dienone is 2. The number of aliphatic hydroxyl groups is 2. The summed E-state index contributed by atoms with van der Waals surface area (Å²) < 4.78 is 0. The van der Waals surface area contributed by atoms with Crippen LogP contribution in [0.15, 0.2) is 35.8 Å². The van der Waals surface area contributed by atoms with Gasteiger partial charge in [-0.3, -0.25) is 0 Å². The lowest BCUT2D eigenvalue weighted by Gasteiger charge is -1.87. The molecule has 0 radical (unpaired) electrons. The minimum absolute atomic E-state index is 0.127. The standard InChI is InChI=1S/C6H7ClO2/c1-5(8)4-6(9)2-3-7/h2-4,8-9H,1H2/b3-2-,6-4+. The molecule has 0 amide bonds. The first-order valence-corrected chi connectivity index (χ1v) is 2.65. The van der Waals surface area contributed by atoms with Crippen molar-refractivity contribution in [1.82, 2.24) is 0 Å². The van der Waals surface area contributed by atoms with Crippen LogP contribution in [-0.2, 0) is 0 Å². The van der Waals surface area contributed by atoms with Crippen molar-refractivity contribution >= 4 is 11.6 Å². The molecule has 0 unspecified atom stereocenters. The van der Waals surface area contributed by atoms with E-state index in [0.717, 1.165) is 11.6 Å². The SMILES string of the molecule is C=C(O)/C=C(O)\C=C/Cl. The van der Waals surface area contributed by atoms with Gasteiger partial charge in [0, 0.05) is 11.6 Å². The number of hydrogen-bond donors (Lipinski definition) is 2. The van der Waals surface area contributed by atoms with E-state index >= 15 is 0 Å². The molecule has 9 heavy (non-hydrogen) atoms. The van der Waals surface area contributed by atoms with Crippen LogP contribution in [0.5, 0.6) is 0 Å². The van der Waals surface area contributed by atoms with Gasteiger partial charge in [0.05, 0.1) is 0 Å². The van der Waals surface area contributed by atoms with Crippen molar-refractivity contribution in [2.75, 3.05) is 0 Å². The topological polar surface area (TPSA) is 40.5 Å². The van der Waals surface area contributed by atoms with Gasteiger partial charge in [-0.25, -0.2) is 0 Å². The number of aliphatic hydroxyl groups excluding tert-OH is 2. The number of halogens is 1. The summed E-state index contributed by atoms with van der Waals surface area (Å²) in [5.41, 5.74) is 1.13. The van der Waals surface area contributed by atoms with Crippen molar-refractivity contribution in [1.29, 1.82) is 0 Å². The molecule has 0 aromatic heterocycles. The van der Waals surface area contributed by atoms with Gasteiger partial charge in [-0.05, 0) is 6.08 Å². The molecule has 0 saturated heterocycles. The van der Waals surface area contributed by atoms with Crippen LogP contribution in [0.2, 0.25) is 0 Å². The molecule has 3 heteroatoms. The zero-order valence-corrected chi connectivity index (χ0v) is 5.47. The van der Waals surface area contributed by atoms with Crippen molar-refractivity contribution in [3.8, 4) is 0 Å². The van der Waals surface area contributed by atoms with Crippen molar-refractivity contribution in [2.24, 2.45) is 0 Å². The highest BCUT2D eigenvalue weighted by Gasteiger charge is 1.84. The zero-order chi connectivity index (χ0) is 7.28. The van der Waals surface area contributed by atoms with E-state index in [2.05, 4.69) is 6.58 Å². The molecule has 0 fully saturated rings. The van der Waals surface area contributed by atoms with Crippen LogP contribution in [0.3, 0.4) is 0 Å². The Labute approximate surface area is 58.4 Å². The minimum Gasteiger partial charge on any atom is -0.508 e. The van der Waals surface area contributed by atoms with Crippen molar-refractivity contribution < 1.29 is 10.2 Å². The van der Waals surface area contributed by atoms with E-state index in [0.29, 0.717) is 0 Å². The number of rotatable bonds is 2. The highest BCUT2D eigenvalue weighted by atomic mass is 35.5. The first-order valence-electron chi connectivity index (χ1n) is 2.22. The fourth-order valence-corrected chi connectivity index (χ4v) is 0.412. The monoisotopic (exact) mass is 146 g/mol. The quantitative estimate of drug-likeness (QED) is 0.464. The Morgan fingerprint density at radius 3 is 2.33 bits per heavy atom. The molecule has 0 spiro atoms. The highest BCUT2D eigenvalue weighted by molar-refractivity contribution is 6.25. The molecule has 50 valence electrons. The van der Waals surface area contributed by atoms with Crippen LogP contribution in [0.4, 0.5) is 0 Å². The van der Waals surface area contributed by atoms with Crippen molar-refractivity contribution in [2.45, 2.75) is 0 Å². The summed E-state index contributed by atoms with van der Waals surface area (Å²) in [6.07, 6.45) is 2.31. The summed E-state index contributed by atoms with van der Waals surface area (Å²) >= 11 is 5.09. The second-order valence-corrected chi connectivity index (χ2v) is 1.61. The van der Waals surface area contributed by atoms with E-state index in [9.17, 15) is 0 Å². The molecular formula is C6H7ClO2. The highest BCUT2D eigenvalue weighted by Crippen LogP contribution is 1.96. The Morgan fingerprint density at radius 1 is 1.44 bits per heavy atom. The van der Waals surface area contributed by atoms with Gasteiger partial charge in [0.25, 0.3) is 0 Å². The average molecular weight is 147 g/mol. The number of hydrogen-bond acceptors (Lipinski definition) is 2. The lowest BCUT2D eigenvalue weighted by molar-refractivity contribution is 0.406. The van der Waals surface area contributed by atoms with Crippen LogP contribution in [0.1, 0.15) is 0 Å². The molecule has 2 nitrogen and oxygen atoms in total. The molecule has 0 heterocycles. The van der Waals surface area contributed by atoms with Gasteiger partial charge in [-0.2, -0.15) is 0 Å². The second kappa shape index (κ2) is 4.04. The predicted molar refractivity (Wildman–Crippen MR) is 37.5 cm³/mol. The van der Waals surface area contributed by atoms with Gasteiger partial charge in [0.15, 0.2) is 0 Å². The van der Waals surface area contributed by atoms with Crippen LogP contribution in [0.25, 0.3) is 0 Å². The summed E-state index contributed by atoms with van der Waals surface area (Å²) in [6, 6.07) is 0. The fourth-order valence-electron chi connectivity index (χ4n) is 0.283. The van der Waals surface area contributed by atoms with Crippen molar-refractivity contribution in [3.05, 3.63) is 35.8 Å². The van der Waals surface area contributed by atoms with Gasteiger partial charge >= 0.3 is 0 Å². The Kier molecular flexibility index (Phi) is 3.64. The van der Waals surface area contributed by atoms with E-state index in [1.807, 2.05) is 0 Å². The normalized spacial score (nSPS) is 12.3. The average Bonchev–Trinajstić information content (AvgIpc) is 1.63. The third-order valence-corrected chi connectivity index (χ3v) is 0.674. The van der Waals surface area contributed by atoms with E-state index in [4.69, 9.17) is 21.8 Å². The Bertz CT molecular complexity index is 158. The Morgan fingerprint density at radius 2 is 2.00 bits per heavy atom. The second-order valence-electron chi connectivity index (χ2n) is 1.35. The smallest absolute Gasteiger partial charge is 0.120 e. The summed E-state index contributed by atoms with van der Waals surface area (Å²) in [7, 11) is 0. The summed E-state index contributed by atoms with van der Waals surface area (Å²) in [5, 5.41) is 17.1. The molecule has 0 aliphatic heterocycles.